The van der Waals surface area contributed by atoms with E-state index >= 15 is 0 Å². The third kappa shape index (κ3) is 1.09. The van der Waals surface area contributed by atoms with Gasteiger partial charge in [0.2, 0.25) is 0 Å². The number of rotatable bonds is 1. The van der Waals surface area contributed by atoms with Gasteiger partial charge in [0.05, 0.1) is 6.21 Å². The van der Waals surface area contributed by atoms with Gasteiger partial charge in [0, 0.05) is 0 Å². The van der Waals surface area contributed by atoms with Gasteiger partial charge in [0.15, 0.2) is 0 Å². The van der Waals surface area contributed by atoms with Gasteiger partial charge in [-0.15, -0.1) is 0 Å². The monoisotopic (exact) mass is 127 g/mol. The van der Waals surface area contributed by atoms with Gasteiger partial charge in [-0.05, 0) is 13.3 Å². The lowest BCUT2D eigenvalue weighted by Gasteiger charge is -2.15. The van der Waals surface area contributed by atoms with Crippen molar-refractivity contribution in [3.8, 4) is 0 Å². The van der Waals surface area contributed by atoms with Crippen LogP contribution in [0.25, 0.3) is 0 Å². The SMILES string of the molecule is CCC1(C)C=NC(=O)O1. The smallest absolute Gasteiger partial charge is 0.434 e. The summed E-state index contributed by atoms with van der Waals surface area (Å²) < 4.78 is 4.84. The molecule has 9 heavy (non-hydrogen) atoms. The van der Waals surface area contributed by atoms with Crippen LogP contribution < -0.4 is 0 Å². The fourth-order valence-electron chi connectivity index (χ4n) is 0.605. The Kier molecular flexibility index (Phi) is 1.27. The first-order valence-corrected chi connectivity index (χ1v) is 2.94. The highest BCUT2D eigenvalue weighted by atomic mass is 16.6. The molecule has 0 N–H and O–H groups in total. The van der Waals surface area contributed by atoms with E-state index in [0.29, 0.717) is 0 Å². The van der Waals surface area contributed by atoms with Gasteiger partial charge in [-0.3, -0.25) is 0 Å². The van der Waals surface area contributed by atoms with Gasteiger partial charge < -0.3 is 4.74 Å². The molecule has 3 heteroatoms. The van der Waals surface area contributed by atoms with Crippen LogP contribution in [0.2, 0.25) is 0 Å². The highest BCUT2D eigenvalue weighted by Crippen LogP contribution is 2.17. The number of hydrogen-bond acceptors (Lipinski definition) is 2. The van der Waals surface area contributed by atoms with Crippen molar-refractivity contribution in [3.63, 3.8) is 0 Å². The van der Waals surface area contributed by atoms with Crippen molar-refractivity contribution in [2.45, 2.75) is 25.9 Å². The Balaban J connectivity index is 2.68. The molecule has 0 radical (unpaired) electrons. The second-order valence-corrected chi connectivity index (χ2v) is 2.29. The zero-order valence-corrected chi connectivity index (χ0v) is 5.55. The van der Waals surface area contributed by atoms with Crippen LogP contribution in [-0.2, 0) is 4.74 Å². The minimum absolute atomic E-state index is 0.433. The lowest BCUT2D eigenvalue weighted by molar-refractivity contribution is 0.0940. The van der Waals surface area contributed by atoms with Crippen molar-refractivity contribution in [1.82, 2.24) is 0 Å². The fourth-order valence-corrected chi connectivity index (χ4v) is 0.605. The quantitative estimate of drug-likeness (QED) is 0.533. The molecule has 1 aliphatic rings. The Labute approximate surface area is 53.7 Å². The van der Waals surface area contributed by atoms with Crippen molar-refractivity contribution >= 4 is 12.3 Å². The normalized spacial score (nSPS) is 32.9. The molecule has 1 atom stereocenters. The van der Waals surface area contributed by atoms with Gasteiger partial charge in [-0.2, -0.15) is 4.99 Å². The second-order valence-electron chi connectivity index (χ2n) is 2.29. The molecule has 1 unspecified atom stereocenters. The summed E-state index contributed by atoms with van der Waals surface area (Å²) in [6.45, 7) is 3.78. The average molecular weight is 127 g/mol. The molecule has 1 aliphatic heterocycles. The highest BCUT2D eigenvalue weighted by Gasteiger charge is 2.29. The first-order valence-electron chi connectivity index (χ1n) is 2.94. The van der Waals surface area contributed by atoms with Crippen molar-refractivity contribution in [1.29, 1.82) is 0 Å². The lowest BCUT2D eigenvalue weighted by atomic mass is 10.1. The number of ether oxygens (including phenoxy) is 1. The molecular formula is C6H9NO2. The Hall–Kier alpha value is -0.860. The Bertz CT molecular complexity index is 164. The maximum Gasteiger partial charge on any atom is 0.434 e. The van der Waals surface area contributed by atoms with Crippen molar-refractivity contribution in [2.75, 3.05) is 0 Å². The molecule has 0 aromatic rings. The largest absolute Gasteiger partial charge is 0.436 e. The van der Waals surface area contributed by atoms with Crippen LogP contribution in [0.3, 0.4) is 0 Å². The number of carbonyl (C=O) groups excluding carboxylic acids is 1. The van der Waals surface area contributed by atoms with E-state index in [1.165, 1.54) is 0 Å². The maximum absolute atomic E-state index is 10.4. The molecule has 0 aromatic carbocycles. The predicted octanol–water partition coefficient (Wildman–Crippen LogP) is 1.38. The number of cyclic esters (lactones) is 1. The van der Waals surface area contributed by atoms with Crippen LogP contribution in [0.5, 0.6) is 0 Å². The number of amides is 1. The zero-order valence-electron chi connectivity index (χ0n) is 5.55. The summed E-state index contributed by atoms with van der Waals surface area (Å²) in [4.78, 5) is 13.9. The predicted molar refractivity (Wildman–Crippen MR) is 33.7 cm³/mol. The fraction of sp³-hybridized carbons (Fsp3) is 0.667. The van der Waals surface area contributed by atoms with Gasteiger partial charge in [0.25, 0.3) is 0 Å². The summed E-state index contributed by atoms with van der Waals surface area (Å²) in [5.41, 5.74) is -0.433. The van der Waals surface area contributed by atoms with Crippen LogP contribution >= 0.6 is 0 Å². The minimum atomic E-state index is -0.473. The van der Waals surface area contributed by atoms with E-state index in [4.69, 9.17) is 4.74 Å². The molecule has 0 bridgehead atoms. The standard InChI is InChI=1S/C6H9NO2/c1-3-6(2)4-7-5(8)9-6/h4H,3H2,1-2H3. The summed E-state index contributed by atoms with van der Waals surface area (Å²) in [5.74, 6) is 0. The van der Waals surface area contributed by atoms with Gasteiger partial charge in [0.1, 0.15) is 5.60 Å². The molecule has 0 fully saturated rings. The van der Waals surface area contributed by atoms with Crippen molar-refractivity contribution < 1.29 is 9.53 Å². The van der Waals surface area contributed by atoms with Crippen molar-refractivity contribution in [2.24, 2.45) is 4.99 Å². The summed E-state index contributed by atoms with van der Waals surface area (Å²) in [7, 11) is 0. The van der Waals surface area contributed by atoms with Crippen LogP contribution in [0.1, 0.15) is 20.3 Å². The third-order valence-corrected chi connectivity index (χ3v) is 1.47. The number of nitrogens with zero attached hydrogens (tertiary/aromatic N) is 1. The number of carbonyl (C=O) groups is 1. The van der Waals surface area contributed by atoms with E-state index in [9.17, 15) is 4.79 Å². The van der Waals surface area contributed by atoms with E-state index in [2.05, 4.69) is 4.99 Å². The molecule has 1 rings (SSSR count). The zero-order chi connectivity index (χ0) is 6.91. The minimum Gasteiger partial charge on any atom is -0.436 e. The molecule has 0 saturated heterocycles. The van der Waals surface area contributed by atoms with Crippen LogP contribution in [-0.4, -0.2) is 17.9 Å². The van der Waals surface area contributed by atoms with Crippen molar-refractivity contribution in [3.05, 3.63) is 0 Å². The summed E-state index contributed by atoms with van der Waals surface area (Å²) >= 11 is 0. The van der Waals surface area contributed by atoms with Crippen LogP contribution in [0.15, 0.2) is 4.99 Å². The van der Waals surface area contributed by atoms with Gasteiger partial charge in [-0.25, -0.2) is 4.79 Å². The van der Waals surface area contributed by atoms with E-state index < -0.39 is 11.7 Å². The molecule has 0 aromatic heterocycles. The summed E-state index contributed by atoms with van der Waals surface area (Å²) in [5, 5.41) is 0. The molecule has 0 aliphatic carbocycles. The second kappa shape index (κ2) is 1.83. The molecule has 1 heterocycles. The number of hydrogen-bond donors (Lipinski definition) is 0. The first-order chi connectivity index (χ1) is 4.16. The van der Waals surface area contributed by atoms with E-state index in [1.807, 2.05) is 13.8 Å². The molecule has 0 spiro atoms. The Morgan fingerprint density at radius 2 is 2.56 bits per heavy atom. The molecule has 3 nitrogen and oxygen atoms in total. The summed E-state index contributed by atoms with van der Waals surface area (Å²) in [6, 6.07) is 0. The first kappa shape index (κ1) is 6.26. The highest BCUT2D eigenvalue weighted by molar-refractivity contribution is 5.89. The van der Waals surface area contributed by atoms with E-state index in [0.717, 1.165) is 6.42 Å². The van der Waals surface area contributed by atoms with Crippen LogP contribution in [0.4, 0.5) is 4.79 Å². The maximum atomic E-state index is 10.4. The Morgan fingerprint density at radius 1 is 1.89 bits per heavy atom. The molecule has 0 saturated carbocycles. The van der Waals surface area contributed by atoms with Gasteiger partial charge in [-0.1, -0.05) is 6.92 Å². The van der Waals surface area contributed by atoms with Crippen LogP contribution in [0, 0.1) is 0 Å². The van der Waals surface area contributed by atoms with E-state index in [-0.39, 0.29) is 0 Å². The van der Waals surface area contributed by atoms with Gasteiger partial charge >= 0.3 is 6.09 Å². The summed E-state index contributed by atoms with van der Waals surface area (Å²) in [6.07, 6.45) is 1.86. The Morgan fingerprint density at radius 3 is 2.78 bits per heavy atom. The topological polar surface area (TPSA) is 38.7 Å². The third-order valence-electron chi connectivity index (χ3n) is 1.47. The number of aliphatic imine (C=N–C) groups is 1. The lowest BCUT2D eigenvalue weighted by Crippen LogP contribution is -2.25. The average Bonchev–Trinajstić information content (AvgIpc) is 2.13. The molecule has 50 valence electrons. The molecule has 1 amide bonds. The molecular weight excluding hydrogens is 118 g/mol. The van der Waals surface area contributed by atoms with E-state index in [1.54, 1.807) is 6.21 Å².